The van der Waals surface area contributed by atoms with Crippen LogP contribution in [0.4, 0.5) is 0 Å². The highest BCUT2D eigenvalue weighted by atomic mass is 35.5. The second kappa shape index (κ2) is 5.14. The highest BCUT2D eigenvalue weighted by Crippen LogP contribution is 2.20. The van der Waals surface area contributed by atoms with E-state index in [1.54, 1.807) is 13.8 Å². The van der Waals surface area contributed by atoms with Gasteiger partial charge in [-0.1, -0.05) is 17.7 Å². The van der Waals surface area contributed by atoms with Crippen molar-refractivity contribution in [3.63, 3.8) is 0 Å². The van der Waals surface area contributed by atoms with Crippen LogP contribution in [0, 0.1) is 0 Å². The molecule has 0 atom stereocenters. The summed E-state index contributed by atoms with van der Waals surface area (Å²) in [6.07, 6.45) is 0. The molecule has 0 aromatic heterocycles. The lowest BCUT2D eigenvalue weighted by molar-refractivity contribution is 0.282. The van der Waals surface area contributed by atoms with Crippen LogP contribution in [-0.2, 0) is 16.6 Å². The summed E-state index contributed by atoms with van der Waals surface area (Å²) in [7, 11) is -3.52. The predicted octanol–water partition coefficient (Wildman–Crippen LogP) is 1.52. The molecule has 0 unspecified atom stereocenters. The van der Waals surface area contributed by atoms with Crippen LogP contribution in [0.1, 0.15) is 19.4 Å². The molecule has 0 fully saturated rings. The van der Waals surface area contributed by atoms with E-state index in [1.807, 2.05) is 0 Å². The zero-order valence-corrected chi connectivity index (χ0v) is 10.6. The molecule has 0 heterocycles. The molecule has 6 heteroatoms. The summed E-state index contributed by atoms with van der Waals surface area (Å²) in [6.45, 7) is 3.26. The Balaban J connectivity index is 3.10. The average Bonchev–Trinajstić information content (AvgIpc) is 2.15. The van der Waals surface area contributed by atoms with Gasteiger partial charge in [-0.25, -0.2) is 13.1 Å². The van der Waals surface area contributed by atoms with E-state index < -0.39 is 10.0 Å². The number of hydrogen-bond acceptors (Lipinski definition) is 3. The third kappa shape index (κ3) is 3.18. The maximum Gasteiger partial charge on any atom is 0.240 e. The lowest BCUT2D eigenvalue weighted by atomic mass is 10.2. The number of nitrogens with one attached hydrogen (secondary N) is 1. The Hall–Kier alpha value is -0.620. The van der Waals surface area contributed by atoms with Crippen molar-refractivity contribution in [3.8, 4) is 0 Å². The normalized spacial score (nSPS) is 12.1. The fraction of sp³-hybridized carbons (Fsp3) is 0.400. The molecule has 0 bridgehead atoms. The van der Waals surface area contributed by atoms with Crippen LogP contribution in [-0.4, -0.2) is 19.6 Å². The van der Waals surface area contributed by atoms with Crippen LogP contribution in [0.25, 0.3) is 0 Å². The molecule has 90 valence electrons. The van der Waals surface area contributed by atoms with Crippen LogP contribution < -0.4 is 4.72 Å². The molecule has 0 spiro atoms. The van der Waals surface area contributed by atoms with E-state index >= 15 is 0 Å². The summed E-state index contributed by atoms with van der Waals surface area (Å²) in [5, 5.41) is 9.15. The second-order valence-electron chi connectivity index (χ2n) is 3.69. The molecule has 0 aliphatic rings. The van der Waals surface area contributed by atoms with E-state index in [0.717, 1.165) is 0 Å². The van der Waals surface area contributed by atoms with Crippen molar-refractivity contribution in [2.24, 2.45) is 0 Å². The van der Waals surface area contributed by atoms with Crippen LogP contribution >= 0.6 is 11.6 Å². The van der Waals surface area contributed by atoms with Crippen LogP contribution in [0.2, 0.25) is 5.02 Å². The Morgan fingerprint density at radius 3 is 2.50 bits per heavy atom. The minimum absolute atomic E-state index is 0.100. The van der Waals surface area contributed by atoms with Crippen LogP contribution in [0.15, 0.2) is 23.1 Å². The van der Waals surface area contributed by atoms with Crippen LogP contribution in [0.3, 0.4) is 0 Å². The summed E-state index contributed by atoms with van der Waals surface area (Å²) in [4.78, 5) is 0.100. The topological polar surface area (TPSA) is 66.4 Å². The van der Waals surface area contributed by atoms with Gasteiger partial charge in [0.1, 0.15) is 0 Å². The number of benzene rings is 1. The molecule has 0 saturated carbocycles. The van der Waals surface area contributed by atoms with Gasteiger partial charge in [0.05, 0.1) is 11.5 Å². The molecule has 0 radical (unpaired) electrons. The minimum atomic E-state index is -3.52. The highest BCUT2D eigenvalue weighted by molar-refractivity contribution is 7.89. The Morgan fingerprint density at radius 1 is 1.44 bits per heavy atom. The Labute approximate surface area is 100 Å². The predicted molar refractivity (Wildman–Crippen MR) is 62.8 cm³/mol. The maximum absolute atomic E-state index is 11.8. The highest BCUT2D eigenvalue weighted by Gasteiger charge is 2.16. The van der Waals surface area contributed by atoms with Gasteiger partial charge in [0.15, 0.2) is 0 Å². The Kier molecular flexibility index (Phi) is 4.32. The SMILES string of the molecule is CC(C)NS(=O)(=O)c1ccc(CO)c(Cl)c1. The standard InChI is InChI=1S/C10H14ClNO3S/c1-7(2)12-16(14,15)9-4-3-8(6-13)10(11)5-9/h3-5,7,12-13H,6H2,1-2H3. The van der Waals surface area contributed by atoms with Crippen molar-refractivity contribution in [3.05, 3.63) is 28.8 Å². The van der Waals surface area contributed by atoms with Gasteiger partial charge in [0, 0.05) is 11.1 Å². The van der Waals surface area contributed by atoms with Gasteiger partial charge in [-0.15, -0.1) is 0 Å². The molecule has 0 aliphatic heterocycles. The fourth-order valence-electron chi connectivity index (χ4n) is 1.20. The first-order chi connectivity index (χ1) is 7.36. The lowest BCUT2D eigenvalue weighted by Gasteiger charge is -2.10. The molecular formula is C10H14ClNO3S. The molecule has 1 aromatic rings. The van der Waals surface area contributed by atoms with E-state index in [0.29, 0.717) is 5.56 Å². The summed E-state index contributed by atoms with van der Waals surface area (Å²) in [5.41, 5.74) is 0.505. The summed E-state index contributed by atoms with van der Waals surface area (Å²) < 4.78 is 26.0. The van der Waals surface area contributed by atoms with Gasteiger partial charge < -0.3 is 5.11 Å². The van der Waals surface area contributed by atoms with Crippen molar-refractivity contribution in [1.82, 2.24) is 4.72 Å². The monoisotopic (exact) mass is 263 g/mol. The van der Waals surface area contributed by atoms with Gasteiger partial charge >= 0.3 is 0 Å². The van der Waals surface area contributed by atoms with E-state index in [2.05, 4.69) is 4.72 Å². The molecular weight excluding hydrogens is 250 g/mol. The maximum atomic E-state index is 11.8. The van der Waals surface area contributed by atoms with Gasteiger partial charge in [-0.05, 0) is 31.5 Å². The van der Waals surface area contributed by atoms with Gasteiger partial charge in [-0.2, -0.15) is 0 Å². The average molecular weight is 264 g/mol. The number of aliphatic hydroxyl groups is 1. The zero-order valence-electron chi connectivity index (χ0n) is 9.07. The van der Waals surface area contributed by atoms with Crippen molar-refractivity contribution in [2.75, 3.05) is 0 Å². The van der Waals surface area contributed by atoms with Crippen molar-refractivity contribution >= 4 is 21.6 Å². The van der Waals surface area contributed by atoms with E-state index in [9.17, 15) is 8.42 Å². The largest absolute Gasteiger partial charge is 0.392 e. The summed E-state index contributed by atoms with van der Waals surface area (Å²) in [5.74, 6) is 0. The van der Waals surface area contributed by atoms with Crippen molar-refractivity contribution in [1.29, 1.82) is 0 Å². The molecule has 0 saturated heterocycles. The minimum Gasteiger partial charge on any atom is -0.392 e. The van der Waals surface area contributed by atoms with E-state index in [4.69, 9.17) is 16.7 Å². The third-order valence-corrected chi connectivity index (χ3v) is 3.90. The Bertz CT molecular complexity index is 471. The van der Waals surface area contributed by atoms with E-state index in [1.165, 1.54) is 18.2 Å². The molecule has 2 N–H and O–H groups in total. The quantitative estimate of drug-likeness (QED) is 0.866. The zero-order chi connectivity index (χ0) is 12.3. The van der Waals surface area contributed by atoms with Gasteiger partial charge in [0.25, 0.3) is 0 Å². The van der Waals surface area contributed by atoms with E-state index in [-0.39, 0.29) is 22.6 Å². The number of aliphatic hydroxyl groups excluding tert-OH is 1. The lowest BCUT2D eigenvalue weighted by Crippen LogP contribution is -2.30. The smallest absolute Gasteiger partial charge is 0.240 e. The van der Waals surface area contributed by atoms with Gasteiger partial charge in [0.2, 0.25) is 10.0 Å². The Morgan fingerprint density at radius 2 is 2.06 bits per heavy atom. The van der Waals surface area contributed by atoms with Crippen molar-refractivity contribution in [2.45, 2.75) is 31.4 Å². The summed E-state index contributed by atoms with van der Waals surface area (Å²) >= 11 is 5.82. The number of hydrogen-bond donors (Lipinski definition) is 2. The number of rotatable bonds is 4. The molecule has 0 aliphatic carbocycles. The molecule has 0 amide bonds. The molecule has 4 nitrogen and oxygen atoms in total. The first-order valence-electron chi connectivity index (χ1n) is 4.78. The fourth-order valence-corrected chi connectivity index (χ4v) is 2.78. The van der Waals surface area contributed by atoms with Crippen LogP contribution in [0.5, 0.6) is 0 Å². The molecule has 1 aromatic carbocycles. The molecule has 16 heavy (non-hydrogen) atoms. The van der Waals surface area contributed by atoms with Gasteiger partial charge in [-0.3, -0.25) is 0 Å². The number of halogens is 1. The first kappa shape index (κ1) is 13.4. The molecule has 1 rings (SSSR count). The summed E-state index contributed by atoms with van der Waals surface area (Å²) in [6, 6.07) is 4.07. The first-order valence-corrected chi connectivity index (χ1v) is 6.64. The van der Waals surface area contributed by atoms with Crippen molar-refractivity contribution < 1.29 is 13.5 Å². The second-order valence-corrected chi connectivity index (χ2v) is 5.81. The third-order valence-electron chi connectivity index (χ3n) is 1.90. The number of sulfonamides is 1.